The van der Waals surface area contributed by atoms with Crippen molar-refractivity contribution >= 4 is 23.2 Å². The molecule has 134 valence electrons. The van der Waals surface area contributed by atoms with Crippen LogP contribution in [0.3, 0.4) is 0 Å². The maximum absolute atomic E-state index is 12.1. The molecule has 0 aliphatic carbocycles. The van der Waals surface area contributed by atoms with Gasteiger partial charge in [-0.25, -0.2) is 0 Å². The van der Waals surface area contributed by atoms with Crippen LogP contribution in [0.15, 0.2) is 36.7 Å². The van der Waals surface area contributed by atoms with Crippen molar-refractivity contribution in [2.24, 2.45) is 7.05 Å². The van der Waals surface area contributed by atoms with Crippen LogP contribution in [0.5, 0.6) is 0 Å². The highest BCUT2D eigenvalue weighted by Gasteiger charge is 2.18. The lowest BCUT2D eigenvalue weighted by Crippen LogP contribution is -2.47. The summed E-state index contributed by atoms with van der Waals surface area (Å²) in [6, 6.07) is 7.58. The maximum atomic E-state index is 12.1. The van der Waals surface area contributed by atoms with Crippen molar-refractivity contribution in [1.29, 1.82) is 0 Å². The van der Waals surface area contributed by atoms with Gasteiger partial charge < -0.3 is 10.2 Å². The number of halogens is 1. The van der Waals surface area contributed by atoms with Crippen LogP contribution in [-0.4, -0.2) is 53.3 Å². The number of aromatic nitrogens is 2. The molecule has 1 fully saturated rings. The molecule has 0 atom stereocenters. The summed E-state index contributed by atoms with van der Waals surface area (Å²) >= 11 is 6.10. The minimum absolute atomic E-state index is 0.0645. The molecule has 0 bridgehead atoms. The Morgan fingerprint density at radius 1 is 1.24 bits per heavy atom. The van der Waals surface area contributed by atoms with E-state index in [2.05, 4.69) is 20.2 Å². The SMILES string of the molecule is Cn1cc(N2CCN(CCC(=O)NCc3ccccc3Cl)CC2)cn1. The van der Waals surface area contributed by atoms with Crippen LogP contribution in [0, 0.1) is 0 Å². The third kappa shape index (κ3) is 4.96. The Hall–Kier alpha value is -2.05. The number of nitrogens with zero attached hydrogens (tertiary/aromatic N) is 4. The quantitative estimate of drug-likeness (QED) is 0.853. The first-order valence-corrected chi connectivity index (χ1v) is 8.95. The number of hydrogen-bond acceptors (Lipinski definition) is 4. The van der Waals surface area contributed by atoms with Crippen LogP contribution in [0.2, 0.25) is 5.02 Å². The molecule has 1 amide bonds. The van der Waals surface area contributed by atoms with Crippen molar-refractivity contribution in [2.75, 3.05) is 37.6 Å². The first kappa shape index (κ1) is 17.8. The number of nitrogens with one attached hydrogen (secondary N) is 1. The van der Waals surface area contributed by atoms with E-state index in [1.807, 2.05) is 48.4 Å². The van der Waals surface area contributed by atoms with Gasteiger partial charge in [0.1, 0.15) is 0 Å². The van der Waals surface area contributed by atoms with Gasteiger partial charge >= 0.3 is 0 Å². The van der Waals surface area contributed by atoms with Crippen LogP contribution < -0.4 is 10.2 Å². The van der Waals surface area contributed by atoms with Gasteiger partial charge in [0.05, 0.1) is 11.9 Å². The molecule has 1 aromatic carbocycles. The Bertz CT molecular complexity index is 709. The Kier molecular flexibility index (Phi) is 5.94. The van der Waals surface area contributed by atoms with Gasteiger partial charge in [-0.05, 0) is 11.6 Å². The van der Waals surface area contributed by atoms with Gasteiger partial charge in [-0.1, -0.05) is 29.8 Å². The molecule has 3 rings (SSSR count). The van der Waals surface area contributed by atoms with Gasteiger partial charge in [0.2, 0.25) is 5.91 Å². The molecular formula is C18H24ClN5O. The minimum atomic E-state index is 0.0645. The van der Waals surface area contributed by atoms with Crippen molar-refractivity contribution in [3.05, 3.63) is 47.2 Å². The number of piperazine rings is 1. The second-order valence-electron chi connectivity index (χ2n) is 6.32. The molecule has 0 saturated carbocycles. The lowest BCUT2D eigenvalue weighted by atomic mass is 10.2. The molecule has 2 aromatic rings. The molecule has 1 aliphatic heterocycles. The Morgan fingerprint density at radius 3 is 2.68 bits per heavy atom. The first-order chi connectivity index (χ1) is 12.1. The predicted octanol–water partition coefficient (Wildman–Crippen LogP) is 1.90. The topological polar surface area (TPSA) is 53.4 Å². The number of benzene rings is 1. The van der Waals surface area contributed by atoms with Crippen LogP contribution in [0.25, 0.3) is 0 Å². The number of carbonyl (C=O) groups excluding carboxylic acids is 1. The van der Waals surface area contributed by atoms with E-state index < -0.39 is 0 Å². The zero-order valence-electron chi connectivity index (χ0n) is 14.5. The van der Waals surface area contributed by atoms with Crippen molar-refractivity contribution in [3.8, 4) is 0 Å². The van der Waals surface area contributed by atoms with Gasteiger partial charge in [0.15, 0.2) is 0 Å². The third-order valence-corrected chi connectivity index (χ3v) is 4.89. The maximum Gasteiger partial charge on any atom is 0.221 e. The highest BCUT2D eigenvalue weighted by atomic mass is 35.5. The average Bonchev–Trinajstić information content (AvgIpc) is 3.06. The van der Waals surface area contributed by atoms with Crippen molar-refractivity contribution in [2.45, 2.75) is 13.0 Å². The molecule has 2 heterocycles. The van der Waals surface area contributed by atoms with Gasteiger partial charge in [-0.15, -0.1) is 0 Å². The van der Waals surface area contributed by atoms with Crippen molar-refractivity contribution < 1.29 is 4.79 Å². The van der Waals surface area contributed by atoms with Gasteiger partial charge in [0.25, 0.3) is 0 Å². The summed E-state index contributed by atoms with van der Waals surface area (Å²) < 4.78 is 1.82. The van der Waals surface area contributed by atoms with E-state index in [4.69, 9.17) is 11.6 Å². The van der Waals surface area contributed by atoms with E-state index in [1.165, 1.54) is 5.69 Å². The number of hydrogen-bond donors (Lipinski definition) is 1. The van der Waals surface area contributed by atoms with E-state index in [-0.39, 0.29) is 5.91 Å². The fourth-order valence-electron chi connectivity index (χ4n) is 2.98. The van der Waals surface area contributed by atoms with Crippen LogP contribution in [-0.2, 0) is 18.4 Å². The summed E-state index contributed by atoms with van der Waals surface area (Å²) in [4.78, 5) is 16.7. The number of anilines is 1. The van der Waals surface area contributed by atoms with Crippen LogP contribution >= 0.6 is 11.6 Å². The molecule has 6 nitrogen and oxygen atoms in total. The summed E-state index contributed by atoms with van der Waals surface area (Å²) in [5, 5.41) is 7.86. The van der Waals surface area contributed by atoms with E-state index in [9.17, 15) is 4.79 Å². The normalized spacial score (nSPS) is 15.4. The molecule has 0 radical (unpaired) electrons. The molecule has 7 heteroatoms. The van der Waals surface area contributed by atoms with Crippen molar-refractivity contribution in [3.63, 3.8) is 0 Å². The van der Waals surface area contributed by atoms with E-state index >= 15 is 0 Å². The van der Waals surface area contributed by atoms with E-state index in [1.54, 1.807) is 0 Å². The fourth-order valence-corrected chi connectivity index (χ4v) is 3.19. The molecule has 0 unspecified atom stereocenters. The highest BCUT2D eigenvalue weighted by Crippen LogP contribution is 2.15. The lowest BCUT2D eigenvalue weighted by Gasteiger charge is -2.35. The first-order valence-electron chi connectivity index (χ1n) is 8.58. The number of rotatable bonds is 6. The van der Waals surface area contributed by atoms with Crippen LogP contribution in [0.4, 0.5) is 5.69 Å². The summed E-state index contributed by atoms with van der Waals surface area (Å²) in [5.41, 5.74) is 2.11. The zero-order valence-corrected chi connectivity index (χ0v) is 15.2. The summed E-state index contributed by atoms with van der Waals surface area (Å²) in [6.07, 6.45) is 4.45. The third-order valence-electron chi connectivity index (χ3n) is 4.52. The Morgan fingerprint density at radius 2 is 2.00 bits per heavy atom. The summed E-state index contributed by atoms with van der Waals surface area (Å²) in [5.74, 6) is 0.0645. The molecular weight excluding hydrogens is 338 g/mol. The number of carbonyl (C=O) groups is 1. The zero-order chi connectivity index (χ0) is 17.6. The average molecular weight is 362 g/mol. The van der Waals surface area contributed by atoms with Crippen LogP contribution in [0.1, 0.15) is 12.0 Å². The molecule has 1 saturated heterocycles. The number of amides is 1. The minimum Gasteiger partial charge on any atom is -0.366 e. The molecule has 1 aromatic heterocycles. The van der Waals surface area contributed by atoms with Gasteiger partial charge in [-0.3, -0.25) is 14.4 Å². The summed E-state index contributed by atoms with van der Waals surface area (Å²) in [6.45, 7) is 5.13. The largest absolute Gasteiger partial charge is 0.366 e. The number of aryl methyl sites for hydroxylation is 1. The smallest absolute Gasteiger partial charge is 0.221 e. The standard InChI is InChI=1S/C18H24ClN5O/c1-22-14-16(13-21-22)24-10-8-23(9-11-24)7-6-18(25)20-12-15-4-2-3-5-17(15)19/h2-5,13-14H,6-12H2,1H3,(H,20,25). The summed E-state index contributed by atoms with van der Waals surface area (Å²) in [7, 11) is 1.93. The molecule has 0 spiro atoms. The van der Waals surface area contributed by atoms with Gasteiger partial charge in [-0.2, -0.15) is 5.10 Å². The molecule has 1 N–H and O–H groups in total. The monoisotopic (exact) mass is 361 g/mol. The second kappa shape index (κ2) is 8.36. The Labute approximate surface area is 153 Å². The van der Waals surface area contributed by atoms with Crippen molar-refractivity contribution in [1.82, 2.24) is 20.0 Å². The highest BCUT2D eigenvalue weighted by molar-refractivity contribution is 6.31. The lowest BCUT2D eigenvalue weighted by molar-refractivity contribution is -0.121. The molecule has 25 heavy (non-hydrogen) atoms. The van der Waals surface area contributed by atoms with E-state index in [0.29, 0.717) is 18.0 Å². The fraction of sp³-hybridized carbons (Fsp3) is 0.444. The molecule has 1 aliphatic rings. The van der Waals surface area contributed by atoms with Gasteiger partial charge in [0, 0.05) is 64.0 Å². The second-order valence-corrected chi connectivity index (χ2v) is 6.73. The van der Waals surface area contributed by atoms with E-state index in [0.717, 1.165) is 38.3 Å². The predicted molar refractivity (Wildman–Crippen MR) is 99.8 cm³/mol. The Balaban J connectivity index is 1.36.